The molecule has 6 nitrogen and oxygen atoms in total. The van der Waals surface area contributed by atoms with E-state index in [4.69, 9.17) is 9.84 Å². The number of nitrogens with one attached hydrogen (secondary N) is 1. The topological polar surface area (TPSA) is 69.0 Å². The standard InChI is InChI=1S/C25H26N4O2S/c1-3-32-25-27-24-26-20-8-5-9-21(30)22(20)23(29(24)28-25)18-6-4-7-19(14-18)31-15-17-12-10-16(2)11-13-17/h4,6-7,10-14,23H,3,5,8-9,15H2,1-2H3,(H,26,27,28). The summed E-state index contributed by atoms with van der Waals surface area (Å²) in [7, 11) is 0. The predicted molar refractivity (Wildman–Crippen MR) is 126 cm³/mol. The van der Waals surface area contributed by atoms with E-state index in [0.29, 0.717) is 19.0 Å². The maximum atomic E-state index is 13.0. The van der Waals surface area contributed by atoms with Gasteiger partial charge in [-0.3, -0.25) is 4.79 Å². The minimum absolute atomic E-state index is 0.181. The third-order valence-electron chi connectivity index (χ3n) is 5.82. The van der Waals surface area contributed by atoms with E-state index in [2.05, 4.69) is 48.4 Å². The second-order valence-corrected chi connectivity index (χ2v) is 9.37. The monoisotopic (exact) mass is 446 g/mol. The highest BCUT2D eigenvalue weighted by Crippen LogP contribution is 2.41. The Hall–Kier alpha value is -3.06. The first-order valence-electron chi connectivity index (χ1n) is 11.0. The van der Waals surface area contributed by atoms with Crippen molar-refractivity contribution in [3.05, 3.63) is 76.5 Å². The highest BCUT2D eigenvalue weighted by Gasteiger charge is 2.36. The number of fused-ring (bicyclic) bond motifs is 1. The Morgan fingerprint density at radius 2 is 2.03 bits per heavy atom. The van der Waals surface area contributed by atoms with Crippen LogP contribution in [-0.2, 0) is 11.4 Å². The van der Waals surface area contributed by atoms with Crippen LogP contribution in [0.1, 0.15) is 48.9 Å². The van der Waals surface area contributed by atoms with Crippen LogP contribution in [0.25, 0.3) is 0 Å². The molecule has 1 unspecified atom stereocenters. The average molecular weight is 447 g/mol. The van der Waals surface area contributed by atoms with Crippen LogP contribution in [0.3, 0.4) is 0 Å². The molecule has 7 heteroatoms. The van der Waals surface area contributed by atoms with Gasteiger partial charge in [0.15, 0.2) is 5.78 Å². The van der Waals surface area contributed by atoms with E-state index in [1.807, 2.05) is 28.9 Å². The number of hydrogen-bond donors (Lipinski definition) is 1. The SMILES string of the molecule is CCSc1nc2n(n1)C(c1cccc(OCc3ccc(C)cc3)c1)C1=C(CCCC1=O)N2. The minimum atomic E-state index is -0.296. The summed E-state index contributed by atoms with van der Waals surface area (Å²) in [5.74, 6) is 2.55. The Balaban J connectivity index is 1.49. The van der Waals surface area contributed by atoms with Crippen LogP contribution in [0.2, 0.25) is 0 Å². The van der Waals surface area contributed by atoms with Crippen molar-refractivity contribution in [1.82, 2.24) is 14.8 Å². The summed E-state index contributed by atoms with van der Waals surface area (Å²) in [4.78, 5) is 17.6. The number of ketones is 1. The molecule has 0 saturated heterocycles. The molecule has 164 valence electrons. The summed E-state index contributed by atoms with van der Waals surface area (Å²) < 4.78 is 7.95. The van der Waals surface area contributed by atoms with Crippen molar-refractivity contribution in [2.45, 2.75) is 50.9 Å². The molecular formula is C25H26N4O2S. The predicted octanol–water partition coefficient (Wildman–Crippen LogP) is 5.30. The number of nitrogens with zero attached hydrogens (tertiary/aromatic N) is 3. The average Bonchev–Trinajstić information content (AvgIpc) is 3.20. The van der Waals surface area contributed by atoms with E-state index in [-0.39, 0.29) is 11.8 Å². The van der Waals surface area contributed by atoms with Gasteiger partial charge in [-0.2, -0.15) is 4.98 Å². The van der Waals surface area contributed by atoms with Crippen molar-refractivity contribution < 1.29 is 9.53 Å². The molecule has 2 aliphatic rings. The first kappa shape index (κ1) is 20.8. The van der Waals surface area contributed by atoms with Crippen molar-refractivity contribution in [2.24, 2.45) is 0 Å². The molecule has 1 N–H and O–H groups in total. The van der Waals surface area contributed by atoms with Gasteiger partial charge in [0.05, 0.1) is 0 Å². The number of carbonyl (C=O) groups excluding carboxylic acids is 1. The highest BCUT2D eigenvalue weighted by atomic mass is 32.2. The van der Waals surface area contributed by atoms with E-state index in [1.54, 1.807) is 11.8 Å². The van der Waals surface area contributed by atoms with Crippen molar-refractivity contribution in [3.63, 3.8) is 0 Å². The zero-order valence-corrected chi connectivity index (χ0v) is 19.1. The number of aryl methyl sites for hydroxylation is 1. The summed E-state index contributed by atoms with van der Waals surface area (Å²) in [6.45, 7) is 4.65. The van der Waals surface area contributed by atoms with Crippen LogP contribution in [-0.4, -0.2) is 26.3 Å². The van der Waals surface area contributed by atoms with Crippen molar-refractivity contribution >= 4 is 23.5 Å². The Morgan fingerprint density at radius 1 is 1.19 bits per heavy atom. The summed E-state index contributed by atoms with van der Waals surface area (Å²) in [6, 6.07) is 16.0. The van der Waals surface area contributed by atoms with Gasteiger partial charge in [0.25, 0.3) is 0 Å². The maximum absolute atomic E-state index is 13.0. The minimum Gasteiger partial charge on any atom is -0.489 e. The first-order valence-corrected chi connectivity index (χ1v) is 12.0. The Morgan fingerprint density at radius 3 is 2.84 bits per heavy atom. The molecule has 3 aromatic rings. The number of anilines is 1. The lowest BCUT2D eigenvalue weighted by Crippen LogP contribution is -2.31. The van der Waals surface area contributed by atoms with Crippen LogP contribution >= 0.6 is 11.8 Å². The Labute approximate surface area is 192 Å². The normalized spacial score (nSPS) is 17.6. The zero-order valence-electron chi connectivity index (χ0n) is 18.3. The molecule has 1 aromatic heterocycles. The van der Waals surface area contributed by atoms with Gasteiger partial charge in [-0.15, -0.1) is 5.10 Å². The number of benzene rings is 2. The fourth-order valence-corrected chi connectivity index (χ4v) is 4.82. The molecule has 32 heavy (non-hydrogen) atoms. The van der Waals surface area contributed by atoms with Gasteiger partial charge in [-0.05, 0) is 48.8 Å². The lowest BCUT2D eigenvalue weighted by atomic mass is 9.85. The molecule has 0 fully saturated rings. The molecule has 0 radical (unpaired) electrons. The molecule has 1 aliphatic carbocycles. The van der Waals surface area contributed by atoms with Crippen LogP contribution in [0, 0.1) is 6.92 Å². The first-order chi connectivity index (χ1) is 15.6. The summed E-state index contributed by atoms with van der Waals surface area (Å²) in [6.07, 6.45) is 2.29. The molecule has 1 atom stereocenters. The fraction of sp³-hybridized carbons (Fsp3) is 0.320. The van der Waals surface area contributed by atoms with Crippen molar-refractivity contribution in [1.29, 1.82) is 0 Å². The highest BCUT2D eigenvalue weighted by molar-refractivity contribution is 7.99. The number of thioether (sulfide) groups is 1. The van der Waals surface area contributed by atoms with Gasteiger partial charge in [-0.25, -0.2) is 4.68 Å². The van der Waals surface area contributed by atoms with Gasteiger partial charge >= 0.3 is 0 Å². The summed E-state index contributed by atoms with van der Waals surface area (Å²) >= 11 is 1.60. The third kappa shape index (κ3) is 4.05. The van der Waals surface area contributed by atoms with Crippen LogP contribution in [0.15, 0.2) is 65.0 Å². The molecular weight excluding hydrogens is 420 g/mol. The molecule has 2 aromatic carbocycles. The second kappa shape index (κ2) is 8.82. The van der Waals surface area contributed by atoms with Gasteiger partial charge in [0.1, 0.15) is 18.4 Å². The number of aromatic nitrogens is 3. The van der Waals surface area contributed by atoms with Crippen molar-refractivity contribution in [3.8, 4) is 5.75 Å². The number of hydrogen-bond acceptors (Lipinski definition) is 6. The van der Waals surface area contributed by atoms with Crippen LogP contribution < -0.4 is 10.1 Å². The lowest BCUT2D eigenvalue weighted by molar-refractivity contribution is -0.116. The van der Waals surface area contributed by atoms with Gasteiger partial charge in [0.2, 0.25) is 11.1 Å². The van der Waals surface area contributed by atoms with Gasteiger partial charge < -0.3 is 10.1 Å². The number of carbonyl (C=O) groups is 1. The second-order valence-electron chi connectivity index (χ2n) is 8.14. The lowest BCUT2D eigenvalue weighted by Gasteiger charge is -2.32. The maximum Gasteiger partial charge on any atom is 0.227 e. The number of rotatable bonds is 6. The molecule has 0 saturated carbocycles. The van der Waals surface area contributed by atoms with E-state index >= 15 is 0 Å². The Kier molecular flexibility index (Phi) is 5.74. The number of Topliss-reactive ketones (excluding diaryl/α,β-unsaturated/α-hetero) is 1. The smallest absolute Gasteiger partial charge is 0.227 e. The van der Waals surface area contributed by atoms with E-state index in [1.165, 1.54) is 5.56 Å². The van der Waals surface area contributed by atoms with Crippen LogP contribution in [0.5, 0.6) is 5.75 Å². The van der Waals surface area contributed by atoms with E-state index < -0.39 is 0 Å². The summed E-state index contributed by atoms with van der Waals surface area (Å²) in [5, 5.41) is 8.83. The fourth-order valence-electron chi connectivity index (χ4n) is 4.26. The van der Waals surface area contributed by atoms with E-state index in [9.17, 15) is 4.79 Å². The number of allylic oxidation sites excluding steroid dienone is 2. The Bertz CT molecular complexity index is 1180. The quantitative estimate of drug-likeness (QED) is 0.518. The van der Waals surface area contributed by atoms with Crippen molar-refractivity contribution in [2.75, 3.05) is 11.1 Å². The molecule has 0 bridgehead atoms. The van der Waals surface area contributed by atoms with Gasteiger partial charge in [0, 0.05) is 17.7 Å². The summed E-state index contributed by atoms with van der Waals surface area (Å²) in [5.41, 5.74) is 5.11. The molecule has 0 amide bonds. The molecule has 1 aliphatic heterocycles. The van der Waals surface area contributed by atoms with E-state index in [0.717, 1.165) is 51.9 Å². The third-order valence-corrected chi connectivity index (χ3v) is 6.54. The van der Waals surface area contributed by atoms with Crippen LogP contribution in [0.4, 0.5) is 5.95 Å². The molecule has 0 spiro atoms. The molecule has 5 rings (SSSR count). The zero-order chi connectivity index (χ0) is 22.1. The number of ether oxygens (including phenoxy) is 1. The molecule has 2 heterocycles. The largest absolute Gasteiger partial charge is 0.489 e. The van der Waals surface area contributed by atoms with Gasteiger partial charge in [-0.1, -0.05) is 60.6 Å².